The van der Waals surface area contributed by atoms with Gasteiger partial charge < -0.3 is 11.1 Å². The Bertz CT molecular complexity index is 583. The van der Waals surface area contributed by atoms with E-state index in [0.29, 0.717) is 22.8 Å². The minimum Gasteiger partial charge on any atom is -0.394 e. The molecule has 0 saturated carbocycles. The number of pyridine rings is 1. The Morgan fingerprint density at radius 1 is 1.39 bits per heavy atom. The zero-order valence-electron chi connectivity index (χ0n) is 10.6. The van der Waals surface area contributed by atoms with E-state index < -0.39 is 0 Å². The van der Waals surface area contributed by atoms with Gasteiger partial charge in [0.05, 0.1) is 23.1 Å². The fraction of sp³-hybridized carbons (Fsp3) is 0.250. The fourth-order valence-electron chi connectivity index (χ4n) is 1.71. The van der Waals surface area contributed by atoms with E-state index in [1.54, 1.807) is 26.1 Å². The van der Waals surface area contributed by atoms with Crippen LogP contribution in [0.5, 0.6) is 0 Å². The van der Waals surface area contributed by atoms with Crippen LogP contribution in [0.15, 0.2) is 18.3 Å². The number of nitrogens with two attached hydrogens (primary N) is 1. The average Bonchev–Trinajstić information content (AvgIpc) is 2.60. The number of amides is 1. The van der Waals surface area contributed by atoms with E-state index in [1.165, 1.54) is 10.9 Å². The standard InChI is InChI=1S/C12H15N5O/c1-7-4-5-9(8(2)15-7)12(18)16-11-10(13)6-14-17(11)3/h4-6H,13H2,1-3H3,(H,16,18). The van der Waals surface area contributed by atoms with Crippen LogP contribution in [0.25, 0.3) is 0 Å². The molecule has 0 aromatic carbocycles. The summed E-state index contributed by atoms with van der Waals surface area (Å²) in [5.74, 6) is 0.246. The zero-order valence-corrected chi connectivity index (χ0v) is 10.6. The third-order valence-electron chi connectivity index (χ3n) is 2.67. The summed E-state index contributed by atoms with van der Waals surface area (Å²) in [6.07, 6.45) is 1.50. The lowest BCUT2D eigenvalue weighted by molar-refractivity contribution is 0.102. The predicted molar refractivity (Wildman–Crippen MR) is 69.3 cm³/mol. The molecule has 6 nitrogen and oxygen atoms in total. The van der Waals surface area contributed by atoms with Crippen molar-refractivity contribution in [2.24, 2.45) is 7.05 Å². The second-order valence-electron chi connectivity index (χ2n) is 4.11. The Morgan fingerprint density at radius 2 is 2.11 bits per heavy atom. The zero-order chi connectivity index (χ0) is 13.3. The Labute approximate surface area is 105 Å². The third-order valence-corrected chi connectivity index (χ3v) is 2.67. The molecular formula is C12H15N5O. The molecule has 0 spiro atoms. The second kappa shape index (κ2) is 4.48. The maximum atomic E-state index is 12.1. The molecule has 18 heavy (non-hydrogen) atoms. The second-order valence-corrected chi connectivity index (χ2v) is 4.11. The first kappa shape index (κ1) is 12.1. The molecule has 0 atom stereocenters. The van der Waals surface area contributed by atoms with Crippen molar-refractivity contribution in [3.05, 3.63) is 35.3 Å². The first-order valence-corrected chi connectivity index (χ1v) is 5.52. The van der Waals surface area contributed by atoms with Gasteiger partial charge in [-0.25, -0.2) is 0 Å². The molecule has 6 heteroatoms. The lowest BCUT2D eigenvalue weighted by Crippen LogP contribution is -2.17. The van der Waals surface area contributed by atoms with Gasteiger partial charge in [-0.2, -0.15) is 5.10 Å². The molecule has 2 aromatic heterocycles. The van der Waals surface area contributed by atoms with Gasteiger partial charge in [0.2, 0.25) is 0 Å². The highest BCUT2D eigenvalue weighted by Crippen LogP contribution is 2.17. The molecule has 0 radical (unpaired) electrons. The molecule has 0 aliphatic carbocycles. The van der Waals surface area contributed by atoms with Crippen LogP contribution in [0.2, 0.25) is 0 Å². The SMILES string of the molecule is Cc1ccc(C(=O)Nc2c(N)cnn2C)c(C)n1. The molecule has 2 aromatic rings. The minimum absolute atomic E-state index is 0.240. The molecule has 0 aliphatic heterocycles. The summed E-state index contributed by atoms with van der Waals surface area (Å²) in [5.41, 5.74) is 8.25. The largest absolute Gasteiger partial charge is 0.394 e. The number of aromatic nitrogens is 3. The monoisotopic (exact) mass is 245 g/mol. The number of carbonyl (C=O) groups excluding carboxylic acids is 1. The topological polar surface area (TPSA) is 85.8 Å². The van der Waals surface area contributed by atoms with E-state index in [0.717, 1.165) is 5.69 Å². The van der Waals surface area contributed by atoms with Crippen molar-refractivity contribution in [2.45, 2.75) is 13.8 Å². The van der Waals surface area contributed by atoms with Gasteiger partial charge in [0.1, 0.15) is 0 Å². The maximum absolute atomic E-state index is 12.1. The highest BCUT2D eigenvalue weighted by Gasteiger charge is 2.14. The number of nitrogens with one attached hydrogen (secondary N) is 1. The molecule has 2 heterocycles. The highest BCUT2D eigenvalue weighted by atomic mass is 16.1. The summed E-state index contributed by atoms with van der Waals surface area (Å²) in [6.45, 7) is 3.68. The van der Waals surface area contributed by atoms with Crippen LogP contribution in [-0.4, -0.2) is 20.7 Å². The van der Waals surface area contributed by atoms with Gasteiger partial charge in [-0.1, -0.05) is 0 Å². The molecule has 1 amide bonds. The smallest absolute Gasteiger partial charge is 0.258 e. The van der Waals surface area contributed by atoms with Crippen LogP contribution in [-0.2, 0) is 7.05 Å². The van der Waals surface area contributed by atoms with E-state index in [9.17, 15) is 4.79 Å². The van der Waals surface area contributed by atoms with E-state index in [4.69, 9.17) is 5.73 Å². The van der Waals surface area contributed by atoms with Crippen molar-refractivity contribution >= 4 is 17.4 Å². The summed E-state index contributed by atoms with van der Waals surface area (Å²) < 4.78 is 1.52. The third kappa shape index (κ3) is 2.17. The molecule has 0 unspecified atom stereocenters. The van der Waals surface area contributed by atoms with Crippen LogP contribution in [0, 0.1) is 13.8 Å². The summed E-state index contributed by atoms with van der Waals surface area (Å²) in [7, 11) is 1.71. The van der Waals surface area contributed by atoms with E-state index in [1.807, 2.05) is 6.92 Å². The van der Waals surface area contributed by atoms with Crippen LogP contribution >= 0.6 is 0 Å². The van der Waals surface area contributed by atoms with Crippen molar-refractivity contribution < 1.29 is 4.79 Å². The van der Waals surface area contributed by atoms with Gasteiger partial charge in [0.15, 0.2) is 5.82 Å². The van der Waals surface area contributed by atoms with E-state index in [2.05, 4.69) is 15.4 Å². The van der Waals surface area contributed by atoms with Crippen molar-refractivity contribution in [1.29, 1.82) is 0 Å². The van der Waals surface area contributed by atoms with Crippen LogP contribution in [0.1, 0.15) is 21.7 Å². The molecular weight excluding hydrogens is 230 g/mol. The van der Waals surface area contributed by atoms with Gasteiger partial charge in [0, 0.05) is 12.7 Å². The van der Waals surface area contributed by atoms with E-state index >= 15 is 0 Å². The number of rotatable bonds is 2. The number of nitrogens with zero attached hydrogens (tertiary/aromatic N) is 3. The summed E-state index contributed by atoms with van der Waals surface area (Å²) >= 11 is 0. The maximum Gasteiger partial charge on any atom is 0.258 e. The van der Waals surface area contributed by atoms with Crippen molar-refractivity contribution in [2.75, 3.05) is 11.1 Å². The highest BCUT2D eigenvalue weighted by molar-refractivity contribution is 6.05. The molecule has 2 rings (SSSR count). The lowest BCUT2D eigenvalue weighted by atomic mass is 10.1. The number of carbonyl (C=O) groups is 1. The lowest BCUT2D eigenvalue weighted by Gasteiger charge is -2.08. The summed E-state index contributed by atoms with van der Waals surface area (Å²) in [4.78, 5) is 16.4. The summed E-state index contributed by atoms with van der Waals surface area (Å²) in [6, 6.07) is 3.55. The first-order chi connectivity index (χ1) is 8.49. The molecule has 0 saturated heterocycles. The summed E-state index contributed by atoms with van der Waals surface area (Å²) in [5, 5.41) is 6.69. The van der Waals surface area contributed by atoms with Gasteiger partial charge >= 0.3 is 0 Å². The molecule has 0 aliphatic rings. The molecule has 94 valence electrons. The molecule has 0 fully saturated rings. The van der Waals surface area contributed by atoms with Crippen molar-refractivity contribution in [3.63, 3.8) is 0 Å². The predicted octanol–water partition coefficient (Wildman–Crippen LogP) is 1.27. The Morgan fingerprint density at radius 3 is 2.67 bits per heavy atom. The Kier molecular flexibility index (Phi) is 3.01. The molecule has 0 bridgehead atoms. The van der Waals surface area contributed by atoms with Gasteiger partial charge in [-0.05, 0) is 26.0 Å². The first-order valence-electron chi connectivity index (χ1n) is 5.52. The van der Waals surface area contributed by atoms with E-state index in [-0.39, 0.29) is 5.91 Å². The number of anilines is 2. The number of hydrogen-bond acceptors (Lipinski definition) is 4. The molecule has 3 N–H and O–H groups in total. The Hall–Kier alpha value is -2.37. The van der Waals surface area contributed by atoms with Crippen molar-refractivity contribution in [3.8, 4) is 0 Å². The van der Waals surface area contributed by atoms with Crippen LogP contribution < -0.4 is 11.1 Å². The average molecular weight is 245 g/mol. The van der Waals surface area contributed by atoms with Gasteiger partial charge in [0.25, 0.3) is 5.91 Å². The normalized spacial score (nSPS) is 10.4. The van der Waals surface area contributed by atoms with Gasteiger partial charge in [-0.15, -0.1) is 0 Å². The van der Waals surface area contributed by atoms with Gasteiger partial charge in [-0.3, -0.25) is 14.5 Å². The van der Waals surface area contributed by atoms with Crippen molar-refractivity contribution in [1.82, 2.24) is 14.8 Å². The fourth-order valence-corrected chi connectivity index (χ4v) is 1.71. The number of aryl methyl sites for hydroxylation is 3. The van der Waals surface area contributed by atoms with Crippen LogP contribution in [0.3, 0.4) is 0 Å². The Balaban J connectivity index is 2.28. The quantitative estimate of drug-likeness (QED) is 0.834. The van der Waals surface area contributed by atoms with Crippen LogP contribution in [0.4, 0.5) is 11.5 Å². The number of nitrogen functional groups attached to an aromatic ring is 1. The minimum atomic E-state index is -0.240. The number of hydrogen-bond donors (Lipinski definition) is 2.